The van der Waals surface area contributed by atoms with E-state index in [1.165, 1.54) is 12.8 Å². The van der Waals surface area contributed by atoms with Crippen molar-refractivity contribution in [3.8, 4) is 0 Å². The highest BCUT2D eigenvalue weighted by atomic mass is 19.1. The lowest BCUT2D eigenvalue weighted by Gasteiger charge is -2.35. The summed E-state index contributed by atoms with van der Waals surface area (Å²) in [5, 5.41) is 19.0. The first-order valence-electron chi connectivity index (χ1n) is 9.11. The van der Waals surface area contributed by atoms with E-state index in [2.05, 4.69) is 24.1 Å². The van der Waals surface area contributed by atoms with Crippen LogP contribution in [0.15, 0.2) is 36.4 Å². The minimum atomic E-state index is -1.26. The molecule has 0 unspecified atom stereocenters. The molecule has 1 fully saturated rings. The number of halogens is 1. The summed E-state index contributed by atoms with van der Waals surface area (Å²) in [6, 6.07) is 7.74. The number of piperidine rings is 1. The lowest BCUT2D eigenvalue weighted by Crippen LogP contribution is -2.44. The monoisotopic (exact) mass is 380 g/mol. The van der Waals surface area contributed by atoms with E-state index < -0.39 is 11.9 Å². The van der Waals surface area contributed by atoms with E-state index in [9.17, 15) is 14.0 Å². The van der Waals surface area contributed by atoms with Crippen molar-refractivity contribution in [1.29, 1.82) is 0 Å². The Kier molecular flexibility index (Phi) is 10.3. The van der Waals surface area contributed by atoms with Crippen LogP contribution in [0.2, 0.25) is 0 Å². The van der Waals surface area contributed by atoms with Crippen molar-refractivity contribution in [3.63, 3.8) is 0 Å². The zero-order chi connectivity index (χ0) is 20.2. The van der Waals surface area contributed by atoms with Gasteiger partial charge in [-0.3, -0.25) is 4.90 Å². The third-order valence-electron chi connectivity index (χ3n) is 4.12. The quantitative estimate of drug-likeness (QED) is 0.630. The van der Waals surface area contributed by atoms with Gasteiger partial charge in [0.1, 0.15) is 5.82 Å². The maximum atomic E-state index is 13.8. The van der Waals surface area contributed by atoms with Gasteiger partial charge in [-0.1, -0.05) is 32.0 Å². The smallest absolute Gasteiger partial charge is 0.328 e. The molecule has 0 saturated carbocycles. The van der Waals surface area contributed by atoms with Crippen molar-refractivity contribution in [2.45, 2.75) is 39.3 Å². The van der Waals surface area contributed by atoms with Gasteiger partial charge in [0.05, 0.1) is 0 Å². The Morgan fingerprint density at radius 3 is 2.22 bits per heavy atom. The van der Waals surface area contributed by atoms with Gasteiger partial charge in [0, 0.05) is 36.8 Å². The van der Waals surface area contributed by atoms with Crippen LogP contribution in [0.4, 0.5) is 4.39 Å². The van der Waals surface area contributed by atoms with Gasteiger partial charge in [-0.15, -0.1) is 0 Å². The van der Waals surface area contributed by atoms with Crippen LogP contribution in [0.25, 0.3) is 0 Å². The highest BCUT2D eigenvalue weighted by molar-refractivity contribution is 5.89. The zero-order valence-corrected chi connectivity index (χ0v) is 15.9. The van der Waals surface area contributed by atoms with Crippen LogP contribution >= 0.6 is 0 Å². The van der Waals surface area contributed by atoms with Crippen molar-refractivity contribution in [2.75, 3.05) is 19.6 Å². The van der Waals surface area contributed by atoms with Gasteiger partial charge in [-0.25, -0.2) is 14.0 Å². The molecule has 27 heavy (non-hydrogen) atoms. The highest BCUT2D eigenvalue weighted by Crippen LogP contribution is 2.18. The molecule has 7 heteroatoms. The van der Waals surface area contributed by atoms with Crippen molar-refractivity contribution in [2.24, 2.45) is 5.92 Å². The number of rotatable bonds is 7. The molecule has 1 aromatic rings. The van der Waals surface area contributed by atoms with Gasteiger partial charge in [-0.2, -0.15) is 0 Å². The summed E-state index contributed by atoms with van der Waals surface area (Å²) in [5.74, 6) is -1.98. The number of nitrogens with one attached hydrogen (secondary N) is 1. The van der Waals surface area contributed by atoms with Gasteiger partial charge >= 0.3 is 11.9 Å². The van der Waals surface area contributed by atoms with Crippen LogP contribution in [0, 0.1) is 11.7 Å². The summed E-state index contributed by atoms with van der Waals surface area (Å²) < 4.78 is 13.8. The van der Waals surface area contributed by atoms with Crippen molar-refractivity contribution in [1.82, 2.24) is 10.2 Å². The summed E-state index contributed by atoms with van der Waals surface area (Å²) in [7, 11) is 0. The molecule has 0 atom stereocenters. The first-order valence-corrected chi connectivity index (χ1v) is 9.11. The first kappa shape index (κ1) is 22.8. The van der Waals surface area contributed by atoms with E-state index >= 15 is 0 Å². The van der Waals surface area contributed by atoms with Crippen molar-refractivity contribution >= 4 is 11.9 Å². The minimum Gasteiger partial charge on any atom is -0.478 e. The second-order valence-corrected chi connectivity index (χ2v) is 6.91. The molecule has 0 bridgehead atoms. The largest absolute Gasteiger partial charge is 0.478 e. The molecule has 1 saturated heterocycles. The predicted octanol–water partition coefficient (Wildman–Crippen LogP) is 2.75. The second-order valence-electron chi connectivity index (χ2n) is 6.91. The Hall–Kier alpha value is -2.25. The molecule has 0 radical (unpaired) electrons. The Morgan fingerprint density at radius 1 is 1.19 bits per heavy atom. The van der Waals surface area contributed by atoms with Gasteiger partial charge < -0.3 is 15.5 Å². The fourth-order valence-corrected chi connectivity index (χ4v) is 2.97. The molecule has 150 valence electrons. The van der Waals surface area contributed by atoms with E-state index in [0.29, 0.717) is 24.1 Å². The van der Waals surface area contributed by atoms with Gasteiger partial charge in [-0.05, 0) is 37.9 Å². The summed E-state index contributed by atoms with van der Waals surface area (Å²) >= 11 is 0. The molecule has 0 spiro atoms. The van der Waals surface area contributed by atoms with Crippen LogP contribution < -0.4 is 5.32 Å². The van der Waals surface area contributed by atoms with E-state index in [4.69, 9.17) is 10.2 Å². The van der Waals surface area contributed by atoms with E-state index in [1.807, 2.05) is 12.1 Å². The molecular formula is C20H29FN2O4. The number of carbonyl (C=O) groups is 2. The molecule has 1 aliphatic rings. The second kappa shape index (κ2) is 12.2. The fourth-order valence-electron chi connectivity index (χ4n) is 2.97. The summed E-state index contributed by atoms with van der Waals surface area (Å²) in [6.07, 6.45) is 3.45. The minimum absolute atomic E-state index is 0.0785. The van der Waals surface area contributed by atoms with E-state index in [-0.39, 0.29) is 5.82 Å². The summed E-state index contributed by atoms with van der Waals surface area (Å²) in [4.78, 5) is 21.6. The third kappa shape index (κ3) is 9.86. The number of nitrogens with zero attached hydrogens (tertiary/aromatic N) is 1. The van der Waals surface area contributed by atoms with Crippen LogP contribution in [0.1, 0.15) is 32.3 Å². The van der Waals surface area contributed by atoms with Gasteiger partial charge in [0.25, 0.3) is 0 Å². The number of hydrogen-bond donors (Lipinski definition) is 3. The molecule has 6 nitrogen and oxygen atoms in total. The highest BCUT2D eigenvalue weighted by Gasteiger charge is 2.22. The molecule has 1 aromatic carbocycles. The molecule has 1 aliphatic heterocycles. The number of carboxylic acid groups (broad SMARTS) is 2. The number of aliphatic carboxylic acids is 2. The van der Waals surface area contributed by atoms with Crippen molar-refractivity contribution < 1.29 is 24.2 Å². The normalized spacial score (nSPS) is 15.0. The first-order chi connectivity index (χ1) is 12.8. The molecule has 0 aliphatic carbocycles. The lowest BCUT2D eigenvalue weighted by molar-refractivity contribution is -0.134. The lowest BCUT2D eigenvalue weighted by atomic mass is 10.0. The molecule has 2 rings (SSSR count). The zero-order valence-electron chi connectivity index (χ0n) is 15.9. The Morgan fingerprint density at radius 2 is 1.74 bits per heavy atom. The number of benzene rings is 1. The van der Waals surface area contributed by atoms with Crippen molar-refractivity contribution in [3.05, 3.63) is 47.8 Å². The maximum Gasteiger partial charge on any atom is 0.328 e. The maximum absolute atomic E-state index is 13.8. The van der Waals surface area contributed by atoms with Gasteiger partial charge in [0.2, 0.25) is 0 Å². The molecule has 3 N–H and O–H groups in total. The van der Waals surface area contributed by atoms with Crippen LogP contribution in [0.5, 0.6) is 0 Å². The Balaban J connectivity index is 0.000000387. The average Bonchev–Trinajstić information content (AvgIpc) is 2.62. The summed E-state index contributed by atoms with van der Waals surface area (Å²) in [5.41, 5.74) is 0.821. The third-order valence-corrected chi connectivity index (χ3v) is 4.12. The number of carboxylic acids is 2. The van der Waals surface area contributed by atoms with E-state index in [0.717, 1.165) is 31.7 Å². The molecule has 0 amide bonds. The topological polar surface area (TPSA) is 89.9 Å². The Bertz CT molecular complexity index is 612. The van der Waals surface area contributed by atoms with Crippen LogP contribution in [-0.2, 0) is 16.1 Å². The molecular weight excluding hydrogens is 351 g/mol. The SMILES string of the molecule is CC(C)CN(Cc1ccccc1F)C1CCNCC1.O=C(O)/C=C/C(=O)O. The van der Waals surface area contributed by atoms with Crippen LogP contribution in [-0.4, -0.2) is 52.7 Å². The Labute approximate surface area is 159 Å². The predicted molar refractivity (Wildman–Crippen MR) is 102 cm³/mol. The van der Waals surface area contributed by atoms with Gasteiger partial charge in [0.15, 0.2) is 0 Å². The molecule has 0 aromatic heterocycles. The fraction of sp³-hybridized carbons (Fsp3) is 0.500. The standard InChI is InChI=1S/C16H25FN2.C4H4O4/c1-13(2)11-19(15-7-9-18-10-8-15)12-14-5-3-4-6-16(14)17;5-3(6)1-2-4(7)8/h3-6,13,15,18H,7-12H2,1-2H3;1-2H,(H,5,6)(H,7,8)/b;2-1+. The van der Waals surface area contributed by atoms with Crippen LogP contribution in [0.3, 0.4) is 0 Å². The van der Waals surface area contributed by atoms with E-state index in [1.54, 1.807) is 12.1 Å². The number of hydrogen-bond acceptors (Lipinski definition) is 4. The molecule has 1 heterocycles. The average molecular weight is 380 g/mol. The summed E-state index contributed by atoms with van der Waals surface area (Å²) in [6.45, 7) is 8.40.